The van der Waals surface area contributed by atoms with Crippen LogP contribution in [0, 0.1) is 13.8 Å². The Kier molecular flexibility index (Phi) is 3.39. The molecule has 0 unspecified atom stereocenters. The van der Waals surface area contributed by atoms with Crippen molar-refractivity contribution in [2.24, 2.45) is 0 Å². The summed E-state index contributed by atoms with van der Waals surface area (Å²) in [4.78, 5) is 0. The molecular formula is C20H18. The first-order chi connectivity index (χ1) is 9.75. The molecule has 0 bridgehead atoms. The monoisotopic (exact) mass is 258 g/mol. The molecule has 0 saturated heterocycles. The Morgan fingerprint density at radius 1 is 0.550 bits per heavy atom. The maximum Gasteiger partial charge on any atom is -0.0103 e. The van der Waals surface area contributed by atoms with Gasteiger partial charge >= 0.3 is 0 Å². The Bertz CT molecular complexity index is 724. The average molecular weight is 258 g/mol. The van der Waals surface area contributed by atoms with Crippen molar-refractivity contribution >= 4 is 0 Å². The first-order valence-corrected chi connectivity index (χ1v) is 6.98. The highest BCUT2D eigenvalue weighted by atomic mass is 14.1. The lowest BCUT2D eigenvalue weighted by Gasteiger charge is -2.13. The van der Waals surface area contributed by atoms with E-state index in [1.165, 1.54) is 33.4 Å². The third kappa shape index (κ3) is 2.37. The van der Waals surface area contributed by atoms with E-state index in [4.69, 9.17) is 0 Å². The Hall–Kier alpha value is -2.34. The smallest absolute Gasteiger partial charge is 0.0103 e. The fourth-order valence-electron chi connectivity index (χ4n) is 2.70. The summed E-state index contributed by atoms with van der Waals surface area (Å²) in [5, 5.41) is 0. The quantitative estimate of drug-likeness (QED) is 0.558. The summed E-state index contributed by atoms with van der Waals surface area (Å²) >= 11 is 0. The molecule has 20 heavy (non-hydrogen) atoms. The minimum Gasteiger partial charge on any atom is -0.0622 e. The van der Waals surface area contributed by atoms with Crippen LogP contribution in [0.5, 0.6) is 0 Å². The van der Waals surface area contributed by atoms with Crippen LogP contribution in [0.2, 0.25) is 0 Å². The van der Waals surface area contributed by atoms with Crippen molar-refractivity contribution < 1.29 is 0 Å². The number of aryl methyl sites for hydroxylation is 2. The van der Waals surface area contributed by atoms with Crippen LogP contribution >= 0.6 is 0 Å². The largest absolute Gasteiger partial charge is 0.0622 e. The molecule has 3 aromatic carbocycles. The van der Waals surface area contributed by atoms with Gasteiger partial charge in [0.25, 0.3) is 0 Å². The van der Waals surface area contributed by atoms with Gasteiger partial charge in [-0.05, 0) is 41.7 Å². The van der Waals surface area contributed by atoms with Crippen LogP contribution in [-0.2, 0) is 0 Å². The van der Waals surface area contributed by atoms with Crippen LogP contribution in [0.15, 0.2) is 72.8 Å². The SMILES string of the molecule is Cc1ccc(-c2ccccc2-c2ccccc2)c(C)c1. The Balaban J connectivity index is 2.20. The number of rotatable bonds is 2. The molecule has 0 atom stereocenters. The summed E-state index contributed by atoms with van der Waals surface area (Å²) in [7, 11) is 0. The average Bonchev–Trinajstić information content (AvgIpc) is 2.48. The molecule has 0 aliphatic heterocycles. The molecule has 0 N–H and O–H groups in total. The second kappa shape index (κ2) is 5.34. The lowest BCUT2D eigenvalue weighted by Crippen LogP contribution is -1.88. The normalized spacial score (nSPS) is 10.5. The zero-order valence-electron chi connectivity index (χ0n) is 11.9. The van der Waals surface area contributed by atoms with Crippen molar-refractivity contribution in [3.8, 4) is 22.3 Å². The Morgan fingerprint density at radius 3 is 1.90 bits per heavy atom. The van der Waals surface area contributed by atoms with Gasteiger partial charge in [0.15, 0.2) is 0 Å². The van der Waals surface area contributed by atoms with Gasteiger partial charge in [-0.2, -0.15) is 0 Å². The molecular weight excluding hydrogens is 240 g/mol. The van der Waals surface area contributed by atoms with E-state index in [2.05, 4.69) is 86.6 Å². The summed E-state index contributed by atoms with van der Waals surface area (Å²) in [6.07, 6.45) is 0. The van der Waals surface area contributed by atoms with E-state index in [1.807, 2.05) is 0 Å². The van der Waals surface area contributed by atoms with E-state index < -0.39 is 0 Å². The van der Waals surface area contributed by atoms with Crippen molar-refractivity contribution in [1.82, 2.24) is 0 Å². The van der Waals surface area contributed by atoms with Crippen LogP contribution in [0.4, 0.5) is 0 Å². The highest BCUT2D eigenvalue weighted by molar-refractivity contribution is 5.84. The summed E-state index contributed by atoms with van der Waals surface area (Å²) in [6, 6.07) is 25.9. The van der Waals surface area contributed by atoms with Gasteiger partial charge in [0.05, 0.1) is 0 Å². The predicted molar refractivity (Wildman–Crippen MR) is 86.8 cm³/mol. The summed E-state index contributed by atoms with van der Waals surface area (Å²) in [5.74, 6) is 0. The minimum atomic E-state index is 1.27. The van der Waals surface area contributed by atoms with Gasteiger partial charge in [-0.25, -0.2) is 0 Å². The molecule has 0 heterocycles. The van der Waals surface area contributed by atoms with Crippen molar-refractivity contribution in [1.29, 1.82) is 0 Å². The fourth-order valence-corrected chi connectivity index (χ4v) is 2.70. The summed E-state index contributed by atoms with van der Waals surface area (Å²) in [6.45, 7) is 4.32. The second-order valence-electron chi connectivity index (χ2n) is 5.23. The molecule has 3 rings (SSSR count). The van der Waals surface area contributed by atoms with Gasteiger partial charge in [-0.3, -0.25) is 0 Å². The van der Waals surface area contributed by atoms with Gasteiger partial charge < -0.3 is 0 Å². The van der Waals surface area contributed by atoms with Crippen LogP contribution in [0.25, 0.3) is 22.3 Å². The third-order valence-electron chi connectivity index (χ3n) is 3.68. The molecule has 0 fully saturated rings. The molecule has 0 aliphatic rings. The van der Waals surface area contributed by atoms with E-state index in [-0.39, 0.29) is 0 Å². The van der Waals surface area contributed by atoms with Crippen LogP contribution in [-0.4, -0.2) is 0 Å². The zero-order valence-corrected chi connectivity index (χ0v) is 11.9. The predicted octanol–water partition coefficient (Wildman–Crippen LogP) is 5.64. The molecule has 0 spiro atoms. The van der Waals surface area contributed by atoms with E-state index in [0.717, 1.165) is 0 Å². The zero-order chi connectivity index (χ0) is 13.9. The number of hydrogen-bond acceptors (Lipinski definition) is 0. The Morgan fingerprint density at radius 2 is 1.20 bits per heavy atom. The highest BCUT2D eigenvalue weighted by Gasteiger charge is 2.08. The number of hydrogen-bond donors (Lipinski definition) is 0. The van der Waals surface area contributed by atoms with Gasteiger partial charge in [0.2, 0.25) is 0 Å². The van der Waals surface area contributed by atoms with E-state index in [9.17, 15) is 0 Å². The molecule has 3 aromatic rings. The van der Waals surface area contributed by atoms with Gasteiger partial charge in [-0.1, -0.05) is 78.4 Å². The lowest BCUT2D eigenvalue weighted by molar-refractivity contribution is 1.38. The van der Waals surface area contributed by atoms with Crippen molar-refractivity contribution in [2.75, 3.05) is 0 Å². The van der Waals surface area contributed by atoms with Crippen LogP contribution in [0.3, 0.4) is 0 Å². The van der Waals surface area contributed by atoms with E-state index in [0.29, 0.717) is 0 Å². The van der Waals surface area contributed by atoms with Gasteiger partial charge in [0.1, 0.15) is 0 Å². The van der Waals surface area contributed by atoms with Gasteiger partial charge in [-0.15, -0.1) is 0 Å². The van der Waals surface area contributed by atoms with Crippen molar-refractivity contribution in [2.45, 2.75) is 13.8 Å². The maximum absolute atomic E-state index is 2.25. The molecule has 0 saturated carbocycles. The molecule has 0 heteroatoms. The lowest BCUT2D eigenvalue weighted by atomic mass is 9.91. The van der Waals surface area contributed by atoms with Crippen LogP contribution in [0.1, 0.15) is 11.1 Å². The number of benzene rings is 3. The van der Waals surface area contributed by atoms with E-state index in [1.54, 1.807) is 0 Å². The molecule has 0 aromatic heterocycles. The highest BCUT2D eigenvalue weighted by Crippen LogP contribution is 2.33. The standard InChI is InChI=1S/C20H18/c1-15-12-13-18(16(2)14-15)20-11-7-6-10-19(20)17-8-4-3-5-9-17/h3-14H,1-2H3. The summed E-state index contributed by atoms with van der Waals surface area (Å²) in [5.41, 5.74) is 7.81. The van der Waals surface area contributed by atoms with Crippen molar-refractivity contribution in [3.63, 3.8) is 0 Å². The molecule has 98 valence electrons. The molecule has 0 aliphatic carbocycles. The van der Waals surface area contributed by atoms with E-state index >= 15 is 0 Å². The van der Waals surface area contributed by atoms with Crippen molar-refractivity contribution in [3.05, 3.63) is 83.9 Å². The topological polar surface area (TPSA) is 0 Å². The Labute approximate surface area is 120 Å². The second-order valence-corrected chi connectivity index (χ2v) is 5.23. The fraction of sp³-hybridized carbons (Fsp3) is 0.100. The molecule has 0 nitrogen and oxygen atoms in total. The van der Waals surface area contributed by atoms with Crippen LogP contribution < -0.4 is 0 Å². The first kappa shape index (κ1) is 12.7. The maximum atomic E-state index is 2.25. The van der Waals surface area contributed by atoms with Gasteiger partial charge in [0, 0.05) is 0 Å². The minimum absolute atomic E-state index is 1.27. The molecule has 0 amide bonds. The summed E-state index contributed by atoms with van der Waals surface area (Å²) < 4.78 is 0. The third-order valence-corrected chi connectivity index (χ3v) is 3.68. The molecule has 0 radical (unpaired) electrons. The first-order valence-electron chi connectivity index (χ1n) is 6.98.